The van der Waals surface area contributed by atoms with Gasteiger partial charge in [-0.05, 0) is 31.4 Å². The predicted octanol–water partition coefficient (Wildman–Crippen LogP) is 2.86. The molecule has 2 rings (SSSR count). The van der Waals surface area contributed by atoms with E-state index >= 15 is 0 Å². The lowest BCUT2D eigenvalue weighted by molar-refractivity contribution is -0.0416. The van der Waals surface area contributed by atoms with E-state index in [1.807, 2.05) is 0 Å². The number of methoxy groups -OCH3 is 1. The molecule has 0 bridgehead atoms. The van der Waals surface area contributed by atoms with E-state index in [2.05, 4.69) is 0 Å². The van der Waals surface area contributed by atoms with Crippen LogP contribution in [0.3, 0.4) is 0 Å². The smallest absolute Gasteiger partial charge is 0.138 e. The van der Waals surface area contributed by atoms with Gasteiger partial charge >= 0.3 is 0 Å². The van der Waals surface area contributed by atoms with Crippen molar-refractivity contribution in [2.24, 2.45) is 0 Å². The molecule has 1 fully saturated rings. The van der Waals surface area contributed by atoms with Crippen LogP contribution >= 0.6 is 11.6 Å². The quantitative estimate of drug-likeness (QED) is 0.847. The van der Waals surface area contributed by atoms with Gasteiger partial charge in [-0.25, -0.2) is 4.39 Å². The third-order valence-electron chi connectivity index (χ3n) is 2.92. The molecule has 0 unspecified atom stereocenters. The van der Waals surface area contributed by atoms with Gasteiger partial charge in [0.25, 0.3) is 0 Å². The third-order valence-corrected chi connectivity index (χ3v) is 3.30. The first-order chi connectivity index (χ1) is 7.08. The molecule has 4 heteroatoms. The maximum atomic E-state index is 13.6. The van der Waals surface area contributed by atoms with Crippen molar-refractivity contribution in [2.75, 3.05) is 7.11 Å². The molecular formula is C11H12ClFO2. The summed E-state index contributed by atoms with van der Waals surface area (Å²) in [5.74, 6) is -0.0728. The zero-order valence-corrected chi connectivity index (χ0v) is 9.14. The monoisotopic (exact) mass is 230 g/mol. The Morgan fingerprint density at radius 1 is 1.47 bits per heavy atom. The molecule has 0 atom stereocenters. The minimum Gasteiger partial charge on any atom is -0.495 e. The lowest BCUT2D eigenvalue weighted by Crippen LogP contribution is -2.35. The van der Waals surface area contributed by atoms with E-state index < -0.39 is 11.4 Å². The van der Waals surface area contributed by atoms with Gasteiger partial charge in [0.1, 0.15) is 11.6 Å². The largest absolute Gasteiger partial charge is 0.495 e. The van der Waals surface area contributed by atoms with Crippen molar-refractivity contribution in [1.29, 1.82) is 0 Å². The number of benzene rings is 1. The number of rotatable bonds is 2. The highest BCUT2D eigenvalue weighted by molar-refractivity contribution is 6.33. The van der Waals surface area contributed by atoms with Gasteiger partial charge in [-0.1, -0.05) is 11.6 Å². The summed E-state index contributed by atoms with van der Waals surface area (Å²) in [5, 5.41) is 10.3. The van der Waals surface area contributed by atoms with E-state index in [9.17, 15) is 9.50 Å². The Balaban J connectivity index is 2.53. The van der Waals surface area contributed by atoms with Crippen LogP contribution in [0.2, 0.25) is 5.02 Å². The summed E-state index contributed by atoms with van der Waals surface area (Å²) < 4.78 is 18.6. The summed E-state index contributed by atoms with van der Waals surface area (Å²) in [7, 11) is 1.47. The SMILES string of the molecule is COc1ccc(F)c(C2(O)CCC2)c1Cl. The Morgan fingerprint density at radius 3 is 2.60 bits per heavy atom. The number of hydrogen-bond donors (Lipinski definition) is 1. The number of ether oxygens (including phenoxy) is 1. The molecule has 0 aliphatic heterocycles. The minimum absolute atomic E-state index is 0.176. The second-order valence-electron chi connectivity index (χ2n) is 3.82. The van der Waals surface area contributed by atoms with Crippen LogP contribution in [0.15, 0.2) is 12.1 Å². The van der Waals surface area contributed by atoms with Crippen molar-refractivity contribution >= 4 is 11.6 Å². The van der Waals surface area contributed by atoms with E-state index in [-0.39, 0.29) is 10.6 Å². The molecule has 1 saturated carbocycles. The summed E-state index contributed by atoms with van der Waals surface area (Å²) >= 11 is 5.99. The highest BCUT2D eigenvalue weighted by atomic mass is 35.5. The van der Waals surface area contributed by atoms with Crippen molar-refractivity contribution in [3.8, 4) is 5.75 Å². The third kappa shape index (κ3) is 1.60. The standard InChI is InChI=1S/C11H12ClFO2/c1-15-8-4-3-7(13)9(10(8)12)11(14)5-2-6-11/h3-4,14H,2,5-6H2,1H3. The average molecular weight is 231 g/mol. The number of hydrogen-bond acceptors (Lipinski definition) is 2. The molecule has 0 spiro atoms. The second-order valence-corrected chi connectivity index (χ2v) is 4.20. The summed E-state index contributed by atoms with van der Waals surface area (Å²) in [6.45, 7) is 0. The van der Waals surface area contributed by atoms with Crippen molar-refractivity contribution in [1.82, 2.24) is 0 Å². The van der Waals surface area contributed by atoms with Crippen molar-refractivity contribution < 1.29 is 14.2 Å². The molecular weight excluding hydrogens is 219 g/mol. The number of halogens is 2. The van der Waals surface area contributed by atoms with E-state index in [1.54, 1.807) is 0 Å². The fraction of sp³-hybridized carbons (Fsp3) is 0.455. The lowest BCUT2D eigenvalue weighted by Gasteiger charge is -2.37. The summed E-state index contributed by atoms with van der Waals surface area (Å²) in [4.78, 5) is 0. The Kier molecular flexibility index (Phi) is 2.61. The lowest BCUT2D eigenvalue weighted by atomic mass is 9.75. The molecule has 0 saturated heterocycles. The maximum absolute atomic E-state index is 13.6. The first-order valence-electron chi connectivity index (χ1n) is 4.83. The van der Waals surface area contributed by atoms with Crippen molar-refractivity contribution in [2.45, 2.75) is 24.9 Å². The van der Waals surface area contributed by atoms with Crippen LogP contribution in [-0.4, -0.2) is 12.2 Å². The molecule has 0 radical (unpaired) electrons. The van der Waals surface area contributed by atoms with Crippen LogP contribution < -0.4 is 4.74 Å². The maximum Gasteiger partial charge on any atom is 0.138 e. The van der Waals surface area contributed by atoms with Gasteiger partial charge < -0.3 is 9.84 Å². The molecule has 15 heavy (non-hydrogen) atoms. The highest BCUT2D eigenvalue weighted by Gasteiger charge is 2.40. The van der Waals surface area contributed by atoms with E-state index in [0.717, 1.165) is 6.42 Å². The van der Waals surface area contributed by atoms with Gasteiger partial charge in [0.15, 0.2) is 0 Å². The zero-order valence-electron chi connectivity index (χ0n) is 8.39. The molecule has 0 heterocycles. The predicted molar refractivity (Wildman–Crippen MR) is 55.7 cm³/mol. The number of aliphatic hydroxyl groups is 1. The highest BCUT2D eigenvalue weighted by Crippen LogP contribution is 2.47. The van der Waals surface area contributed by atoms with Gasteiger partial charge in [-0.2, -0.15) is 0 Å². The summed E-state index contributed by atoms with van der Waals surface area (Å²) in [6, 6.07) is 2.74. The molecule has 0 amide bonds. The fourth-order valence-electron chi connectivity index (χ4n) is 1.88. The first kappa shape index (κ1) is 10.7. The van der Waals surface area contributed by atoms with Gasteiger partial charge in [0.2, 0.25) is 0 Å². The van der Waals surface area contributed by atoms with Gasteiger partial charge in [0.05, 0.1) is 17.7 Å². The Hall–Kier alpha value is -0.800. The van der Waals surface area contributed by atoms with Crippen molar-refractivity contribution in [3.63, 3.8) is 0 Å². The summed E-state index contributed by atoms with van der Waals surface area (Å²) in [5.41, 5.74) is -0.926. The normalized spacial score (nSPS) is 18.4. The van der Waals surface area contributed by atoms with Crippen LogP contribution in [0.1, 0.15) is 24.8 Å². The van der Waals surface area contributed by atoms with Crippen LogP contribution in [0.5, 0.6) is 5.75 Å². The minimum atomic E-state index is -1.10. The molecule has 1 aliphatic carbocycles. The summed E-state index contributed by atoms with van der Waals surface area (Å²) in [6.07, 6.45) is 2.00. The molecule has 1 aliphatic rings. The van der Waals surface area contributed by atoms with Crippen LogP contribution in [0.25, 0.3) is 0 Å². The van der Waals surface area contributed by atoms with Crippen molar-refractivity contribution in [3.05, 3.63) is 28.5 Å². The molecule has 0 aromatic heterocycles. The van der Waals surface area contributed by atoms with E-state index in [1.165, 1.54) is 19.2 Å². The molecule has 1 aromatic rings. The Labute approximate surface area is 92.6 Å². The average Bonchev–Trinajstić information content (AvgIpc) is 2.15. The Morgan fingerprint density at radius 2 is 2.13 bits per heavy atom. The van der Waals surface area contributed by atoms with Crippen LogP contribution in [0.4, 0.5) is 4.39 Å². The Bertz CT molecular complexity index is 388. The van der Waals surface area contributed by atoms with E-state index in [0.29, 0.717) is 18.6 Å². The second kappa shape index (κ2) is 3.65. The van der Waals surface area contributed by atoms with Gasteiger partial charge in [-0.15, -0.1) is 0 Å². The molecule has 1 N–H and O–H groups in total. The van der Waals surface area contributed by atoms with Crippen LogP contribution in [-0.2, 0) is 5.60 Å². The van der Waals surface area contributed by atoms with Gasteiger partial charge in [0, 0.05) is 5.56 Å². The zero-order chi connectivity index (χ0) is 11.1. The molecule has 82 valence electrons. The van der Waals surface area contributed by atoms with Gasteiger partial charge in [-0.3, -0.25) is 0 Å². The van der Waals surface area contributed by atoms with Crippen LogP contribution in [0, 0.1) is 5.82 Å². The fourth-order valence-corrected chi connectivity index (χ4v) is 2.29. The molecule has 1 aromatic carbocycles. The van der Waals surface area contributed by atoms with E-state index in [4.69, 9.17) is 16.3 Å². The topological polar surface area (TPSA) is 29.5 Å². The molecule has 2 nitrogen and oxygen atoms in total. The first-order valence-corrected chi connectivity index (χ1v) is 5.21.